The molecule has 2 heterocycles. The molecule has 1 aromatic carbocycles. The van der Waals surface area contributed by atoms with Crippen molar-refractivity contribution in [3.8, 4) is 0 Å². The van der Waals surface area contributed by atoms with Crippen LogP contribution in [0.25, 0.3) is 0 Å². The van der Waals surface area contributed by atoms with E-state index in [1.54, 1.807) is 12.4 Å². The minimum atomic E-state index is 0.214. The third kappa shape index (κ3) is 2.20. The van der Waals surface area contributed by atoms with Crippen LogP contribution in [0, 0.1) is 0 Å². The molecule has 0 saturated carbocycles. The number of hydrogen-bond acceptors (Lipinski definition) is 4. The highest BCUT2D eigenvalue weighted by atomic mass is 15.5. The smallest absolute Gasteiger partial charge is 0.0802 e. The summed E-state index contributed by atoms with van der Waals surface area (Å²) in [6.07, 6.45) is 5.69. The quantitative estimate of drug-likeness (QED) is 0.900. The van der Waals surface area contributed by atoms with Crippen molar-refractivity contribution in [1.82, 2.24) is 4.98 Å². The highest BCUT2D eigenvalue weighted by molar-refractivity contribution is 5.71. The summed E-state index contributed by atoms with van der Waals surface area (Å²) in [5.74, 6) is 0. The molecule has 1 aliphatic rings. The molecule has 3 rings (SSSR count). The number of nitrogens with one attached hydrogen (secondary N) is 1. The molecule has 4 heteroatoms. The van der Waals surface area contributed by atoms with Crippen molar-refractivity contribution in [1.29, 1.82) is 0 Å². The molecular formula is C17H22N4. The lowest BCUT2D eigenvalue weighted by molar-refractivity contribution is 0.424. The molecule has 0 unspecified atom stereocenters. The van der Waals surface area contributed by atoms with E-state index in [0.717, 1.165) is 25.1 Å². The van der Waals surface area contributed by atoms with Crippen LogP contribution in [0.3, 0.4) is 0 Å². The molecule has 3 N–H and O–H groups in total. The first-order chi connectivity index (χ1) is 10.2. The lowest BCUT2D eigenvalue weighted by Crippen LogP contribution is -2.36. The fourth-order valence-corrected chi connectivity index (χ4v) is 3.24. The van der Waals surface area contributed by atoms with Gasteiger partial charge in [-0.3, -0.25) is 15.4 Å². The zero-order chi connectivity index (χ0) is 14.9. The van der Waals surface area contributed by atoms with E-state index in [2.05, 4.69) is 53.5 Å². The summed E-state index contributed by atoms with van der Waals surface area (Å²) in [4.78, 5) is 4.04. The third-order valence-electron chi connectivity index (χ3n) is 4.69. The van der Waals surface area contributed by atoms with Gasteiger partial charge in [0, 0.05) is 18.2 Å². The Morgan fingerprint density at radius 2 is 2.00 bits per heavy atom. The van der Waals surface area contributed by atoms with Gasteiger partial charge in [0.2, 0.25) is 0 Å². The van der Waals surface area contributed by atoms with Gasteiger partial charge in [0.25, 0.3) is 0 Å². The highest BCUT2D eigenvalue weighted by Gasteiger charge is 2.40. The maximum absolute atomic E-state index is 6.00. The highest BCUT2D eigenvalue weighted by Crippen LogP contribution is 2.45. The molecule has 110 valence electrons. The molecule has 0 radical (unpaired) electrons. The van der Waals surface area contributed by atoms with Crippen LogP contribution in [-0.2, 0) is 5.41 Å². The second-order valence-corrected chi connectivity index (χ2v) is 5.67. The van der Waals surface area contributed by atoms with Crippen molar-refractivity contribution in [3.63, 3.8) is 0 Å². The molecule has 21 heavy (non-hydrogen) atoms. The minimum Gasteiger partial charge on any atom is -0.396 e. The summed E-state index contributed by atoms with van der Waals surface area (Å²) in [6.45, 7) is 5.50. The lowest BCUT2D eigenvalue weighted by atomic mass is 9.78. The summed E-state index contributed by atoms with van der Waals surface area (Å²) in [5, 5.41) is 2.22. The van der Waals surface area contributed by atoms with E-state index in [4.69, 9.17) is 5.73 Å². The number of benzene rings is 1. The van der Waals surface area contributed by atoms with Gasteiger partial charge >= 0.3 is 0 Å². The Hall–Kier alpha value is -2.23. The number of fused-ring (bicyclic) bond motifs is 1. The first-order valence-corrected chi connectivity index (χ1v) is 7.53. The molecule has 4 nitrogen and oxygen atoms in total. The average Bonchev–Trinajstić information content (AvgIpc) is 2.84. The number of nitrogens with two attached hydrogens (primary N) is 1. The van der Waals surface area contributed by atoms with Crippen LogP contribution >= 0.6 is 0 Å². The second-order valence-electron chi connectivity index (χ2n) is 5.67. The van der Waals surface area contributed by atoms with E-state index in [0.29, 0.717) is 5.69 Å². The van der Waals surface area contributed by atoms with Crippen molar-refractivity contribution >= 4 is 17.1 Å². The molecular weight excluding hydrogens is 260 g/mol. The Bertz CT molecular complexity index is 634. The Kier molecular flexibility index (Phi) is 3.45. The first-order valence-electron chi connectivity index (χ1n) is 7.53. The molecule has 1 aromatic heterocycles. The Morgan fingerprint density at radius 1 is 1.24 bits per heavy atom. The lowest BCUT2D eigenvalue weighted by Gasteiger charge is -2.29. The molecule has 0 fully saturated rings. The predicted molar refractivity (Wildman–Crippen MR) is 88.3 cm³/mol. The van der Waals surface area contributed by atoms with Gasteiger partial charge in [-0.25, -0.2) is 0 Å². The molecule has 2 aromatic rings. The van der Waals surface area contributed by atoms with Crippen molar-refractivity contribution in [2.24, 2.45) is 0 Å². The molecule has 1 aliphatic heterocycles. The predicted octanol–water partition coefficient (Wildman–Crippen LogP) is 3.57. The standard InChI is InChI=1S/C17H22N4/c1-3-17(4-2)12-21(16-8-6-5-7-13(16)17)20-15-9-10-19-11-14(15)18/h5-11H,3-4,12,18H2,1-2H3,(H,19,20). The first kappa shape index (κ1) is 13.7. The van der Waals surface area contributed by atoms with Crippen molar-refractivity contribution in [2.75, 3.05) is 22.7 Å². The van der Waals surface area contributed by atoms with E-state index in [1.807, 2.05) is 6.07 Å². The van der Waals surface area contributed by atoms with E-state index in [9.17, 15) is 0 Å². The molecule has 0 saturated heterocycles. The van der Waals surface area contributed by atoms with Crippen molar-refractivity contribution in [2.45, 2.75) is 32.1 Å². The van der Waals surface area contributed by atoms with E-state index in [1.165, 1.54) is 11.3 Å². The second kappa shape index (κ2) is 5.28. The van der Waals surface area contributed by atoms with Gasteiger partial charge in [-0.15, -0.1) is 0 Å². The average molecular weight is 282 g/mol. The van der Waals surface area contributed by atoms with Crippen LogP contribution in [0.5, 0.6) is 0 Å². The topological polar surface area (TPSA) is 54.2 Å². The van der Waals surface area contributed by atoms with Gasteiger partial charge < -0.3 is 5.73 Å². The Morgan fingerprint density at radius 3 is 2.71 bits per heavy atom. The van der Waals surface area contributed by atoms with Crippen molar-refractivity contribution < 1.29 is 0 Å². The number of rotatable bonds is 4. The summed E-state index contributed by atoms with van der Waals surface area (Å²) in [5.41, 5.74) is 13.9. The van der Waals surface area contributed by atoms with Crippen LogP contribution in [0.15, 0.2) is 42.7 Å². The normalized spacial score (nSPS) is 15.8. The summed E-state index contributed by atoms with van der Waals surface area (Å²) in [7, 11) is 0. The largest absolute Gasteiger partial charge is 0.396 e. The molecule has 0 spiro atoms. The number of hydrazine groups is 1. The van der Waals surface area contributed by atoms with Gasteiger partial charge in [-0.2, -0.15) is 0 Å². The fraction of sp³-hybridized carbons (Fsp3) is 0.353. The number of para-hydroxylation sites is 1. The zero-order valence-electron chi connectivity index (χ0n) is 12.6. The molecule has 0 bridgehead atoms. The van der Waals surface area contributed by atoms with Gasteiger partial charge in [0.15, 0.2) is 0 Å². The summed E-state index contributed by atoms with van der Waals surface area (Å²) >= 11 is 0. The Labute approximate surface area is 126 Å². The van der Waals surface area contributed by atoms with Crippen molar-refractivity contribution in [3.05, 3.63) is 48.3 Å². The van der Waals surface area contributed by atoms with Gasteiger partial charge in [-0.05, 0) is 30.5 Å². The number of nitrogens with zero attached hydrogens (tertiary/aromatic N) is 2. The molecule has 0 atom stereocenters. The van der Waals surface area contributed by atoms with E-state index < -0.39 is 0 Å². The number of hydrogen-bond donors (Lipinski definition) is 2. The van der Waals surface area contributed by atoms with Crippen LogP contribution in [0.1, 0.15) is 32.3 Å². The van der Waals surface area contributed by atoms with E-state index in [-0.39, 0.29) is 5.41 Å². The maximum Gasteiger partial charge on any atom is 0.0802 e. The van der Waals surface area contributed by atoms with Crippen LogP contribution in [0.2, 0.25) is 0 Å². The number of pyridine rings is 1. The minimum absolute atomic E-state index is 0.214. The third-order valence-corrected chi connectivity index (χ3v) is 4.69. The number of aromatic nitrogens is 1. The maximum atomic E-state index is 6.00. The summed E-state index contributed by atoms with van der Waals surface area (Å²) < 4.78 is 0. The number of anilines is 3. The number of nitrogen functional groups attached to an aromatic ring is 1. The van der Waals surface area contributed by atoms with Gasteiger partial charge in [0.05, 0.1) is 23.3 Å². The van der Waals surface area contributed by atoms with Crippen LogP contribution < -0.4 is 16.2 Å². The molecule has 0 aliphatic carbocycles. The monoisotopic (exact) mass is 282 g/mol. The van der Waals surface area contributed by atoms with Crippen LogP contribution in [-0.4, -0.2) is 11.5 Å². The summed E-state index contributed by atoms with van der Waals surface area (Å²) in [6, 6.07) is 10.6. The SMILES string of the molecule is CCC1(CC)CN(Nc2ccncc2N)c2ccccc21. The zero-order valence-corrected chi connectivity index (χ0v) is 12.6. The van der Waals surface area contributed by atoms with Gasteiger partial charge in [0.1, 0.15) is 0 Å². The van der Waals surface area contributed by atoms with Crippen LogP contribution in [0.4, 0.5) is 17.1 Å². The van der Waals surface area contributed by atoms with Gasteiger partial charge in [-0.1, -0.05) is 32.0 Å². The Balaban J connectivity index is 1.97. The fourth-order valence-electron chi connectivity index (χ4n) is 3.24. The van der Waals surface area contributed by atoms with E-state index >= 15 is 0 Å². The molecule has 0 amide bonds.